The van der Waals surface area contributed by atoms with Gasteiger partial charge in [0.15, 0.2) is 5.78 Å². The summed E-state index contributed by atoms with van der Waals surface area (Å²) in [7, 11) is 0. The van der Waals surface area contributed by atoms with Gasteiger partial charge in [-0.2, -0.15) is 0 Å². The Morgan fingerprint density at radius 3 is 2.81 bits per heavy atom. The molecule has 2 N–H and O–H groups in total. The molecule has 2 rings (SSSR count). The summed E-state index contributed by atoms with van der Waals surface area (Å²) in [6, 6.07) is 1.37. The molecule has 5 nitrogen and oxygen atoms in total. The summed E-state index contributed by atoms with van der Waals surface area (Å²) in [6.07, 6.45) is 2.24. The number of ether oxygens (including phenoxy) is 1. The maximum atomic E-state index is 11.9. The van der Waals surface area contributed by atoms with Crippen molar-refractivity contribution in [2.24, 2.45) is 5.92 Å². The van der Waals surface area contributed by atoms with E-state index in [1.807, 2.05) is 6.92 Å². The van der Waals surface area contributed by atoms with Gasteiger partial charge in [0.25, 0.3) is 0 Å². The third-order valence-electron chi connectivity index (χ3n) is 2.77. The minimum Gasteiger partial charge on any atom is -0.477 e. The van der Waals surface area contributed by atoms with E-state index in [2.05, 4.69) is 4.98 Å². The summed E-state index contributed by atoms with van der Waals surface area (Å²) < 4.78 is 5.31. The normalized spacial score (nSPS) is 24.6. The Balaban J connectivity index is 2.11. The van der Waals surface area contributed by atoms with E-state index in [4.69, 9.17) is 9.84 Å². The quantitative estimate of drug-likeness (QED) is 0.757. The van der Waals surface area contributed by atoms with Gasteiger partial charge in [-0.25, -0.2) is 4.79 Å². The van der Waals surface area contributed by atoms with E-state index in [-0.39, 0.29) is 23.5 Å². The van der Waals surface area contributed by atoms with Crippen LogP contribution in [-0.2, 0) is 4.74 Å². The Kier molecular flexibility index (Phi) is 2.78. The molecular weight excluding hydrogens is 210 g/mol. The predicted molar refractivity (Wildman–Crippen MR) is 55.6 cm³/mol. The summed E-state index contributed by atoms with van der Waals surface area (Å²) in [5.41, 5.74) is 0.454. The van der Waals surface area contributed by atoms with E-state index >= 15 is 0 Å². The zero-order valence-electron chi connectivity index (χ0n) is 8.90. The molecule has 0 radical (unpaired) electrons. The van der Waals surface area contributed by atoms with Crippen molar-refractivity contribution in [1.29, 1.82) is 0 Å². The van der Waals surface area contributed by atoms with Gasteiger partial charge in [0.2, 0.25) is 0 Å². The van der Waals surface area contributed by atoms with Crippen molar-refractivity contribution in [3.8, 4) is 0 Å². The first-order valence-electron chi connectivity index (χ1n) is 5.15. The highest BCUT2D eigenvalue weighted by Crippen LogP contribution is 2.23. The number of nitrogens with one attached hydrogen (secondary N) is 1. The van der Waals surface area contributed by atoms with Crippen molar-refractivity contribution in [3.05, 3.63) is 23.5 Å². The molecule has 2 atom stereocenters. The molecule has 0 bridgehead atoms. The van der Waals surface area contributed by atoms with Crippen LogP contribution in [0.15, 0.2) is 12.3 Å². The number of hydrogen-bond donors (Lipinski definition) is 2. The predicted octanol–water partition coefficient (Wildman–Crippen LogP) is 1.32. The Labute approximate surface area is 92.4 Å². The average molecular weight is 223 g/mol. The highest BCUT2D eigenvalue weighted by atomic mass is 16.5. The van der Waals surface area contributed by atoms with Crippen molar-refractivity contribution in [2.75, 3.05) is 6.61 Å². The van der Waals surface area contributed by atoms with Crippen LogP contribution in [0.3, 0.4) is 0 Å². The fraction of sp³-hybridized carbons (Fsp3) is 0.455. The number of aromatic carboxylic acids is 1. The van der Waals surface area contributed by atoms with Crippen molar-refractivity contribution in [3.63, 3.8) is 0 Å². The monoisotopic (exact) mass is 223 g/mol. The fourth-order valence-electron chi connectivity index (χ4n) is 1.90. The van der Waals surface area contributed by atoms with Crippen LogP contribution in [0.5, 0.6) is 0 Å². The third kappa shape index (κ3) is 1.99. The average Bonchev–Trinajstić information content (AvgIpc) is 2.84. The SMILES string of the molecule is CC1CC(C(=O)c2c[nH]c(C(=O)O)c2)CO1. The molecular formula is C11H13NO4. The summed E-state index contributed by atoms with van der Waals surface area (Å²) in [5.74, 6) is -1.25. The van der Waals surface area contributed by atoms with Gasteiger partial charge in [0.05, 0.1) is 12.7 Å². The van der Waals surface area contributed by atoms with Gasteiger partial charge in [-0.05, 0) is 19.4 Å². The van der Waals surface area contributed by atoms with Crippen LogP contribution >= 0.6 is 0 Å². The zero-order chi connectivity index (χ0) is 11.7. The van der Waals surface area contributed by atoms with Crippen molar-refractivity contribution >= 4 is 11.8 Å². The Morgan fingerprint density at radius 1 is 1.56 bits per heavy atom. The van der Waals surface area contributed by atoms with Crippen LogP contribution in [0.4, 0.5) is 0 Å². The first-order chi connectivity index (χ1) is 7.58. The number of hydrogen-bond acceptors (Lipinski definition) is 3. The van der Waals surface area contributed by atoms with Crippen molar-refractivity contribution in [1.82, 2.24) is 4.98 Å². The molecule has 2 heterocycles. The molecule has 0 aliphatic carbocycles. The fourth-order valence-corrected chi connectivity index (χ4v) is 1.90. The first-order valence-corrected chi connectivity index (χ1v) is 5.15. The lowest BCUT2D eigenvalue weighted by molar-refractivity contribution is 0.0691. The number of Topliss-reactive ketones (excluding diaryl/α,β-unsaturated/α-hetero) is 1. The Bertz CT molecular complexity index is 423. The highest BCUT2D eigenvalue weighted by molar-refractivity contribution is 6.00. The van der Waals surface area contributed by atoms with Gasteiger partial charge in [0.1, 0.15) is 5.69 Å². The third-order valence-corrected chi connectivity index (χ3v) is 2.77. The second kappa shape index (κ2) is 4.09. The van der Waals surface area contributed by atoms with Gasteiger partial charge in [-0.1, -0.05) is 0 Å². The lowest BCUT2D eigenvalue weighted by atomic mass is 9.97. The number of aromatic nitrogens is 1. The first kappa shape index (κ1) is 10.9. The molecule has 5 heteroatoms. The summed E-state index contributed by atoms with van der Waals surface area (Å²) >= 11 is 0. The summed E-state index contributed by atoms with van der Waals surface area (Å²) in [4.78, 5) is 25.1. The molecule has 1 aliphatic rings. The van der Waals surface area contributed by atoms with Crippen LogP contribution < -0.4 is 0 Å². The summed E-state index contributed by atoms with van der Waals surface area (Å²) in [5, 5.41) is 8.72. The van der Waals surface area contributed by atoms with Gasteiger partial charge in [0, 0.05) is 17.7 Å². The van der Waals surface area contributed by atoms with E-state index in [1.54, 1.807) is 0 Å². The molecule has 86 valence electrons. The Morgan fingerprint density at radius 2 is 2.31 bits per heavy atom. The number of carboxylic acid groups (broad SMARTS) is 1. The molecule has 16 heavy (non-hydrogen) atoms. The summed E-state index contributed by atoms with van der Waals surface area (Å²) in [6.45, 7) is 2.35. The van der Waals surface area contributed by atoms with E-state index in [0.717, 1.165) is 0 Å². The van der Waals surface area contributed by atoms with Crippen molar-refractivity contribution < 1.29 is 19.4 Å². The van der Waals surface area contributed by atoms with Crippen LogP contribution in [-0.4, -0.2) is 34.6 Å². The van der Waals surface area contributed by atoms with Gasteiger partial charge < -0.3 is 14.8 Å². The van der Waals surface area contributed by atoms with Crippen LogP contribution in [0.25, 0.3) is 0 Å². The maximum absolute atomic E-state index is 11.9. The number of rotatable bonds is 3. The zero-order valence-corrected chi connectivity index (χ0v) is 8.90. The second-order valence-electron chi connectivity index (χ2n) is 4.05. The maximum Gasteiger partial charge on any atom is 0.352 e. The largest absolute Gasteiger partial charge is 0.477 e. The number of aromatic amines is 1. The molecule has 1 aromatic rings. The molecule has 1 fully saturated rings. The molecule has 1 saturated heterocycles. The van der Waals surface area contributed by atoms with Crippen LogP contribution in [0.2, 0.25) is 0 Å². The number of ketones is 1. The van der Waals surface area contributed by atoms with Gasteiger partial charge in [-0.3, -0.25) is 4.79 Å². The van der Waals surface area contributed by atoms with E-state index in [1.165, 1.54) is 12.3 Å². The molecule has 2 unspecified atom stereocenters. The standard InChI is InChI=1S/C11H13NO4/c1-6-2-8(5-16-6)10(13)7-3-9(11(14)15)12-4-7/h3-4,6,8,12H,2,5H2,1H3,(H,14,15). The lowest BCUT2D eigenvalue weighted by Crippen LogP contribution is -2.14. The Hall–Kier alpha value is -1.62. The minimum absolute atomic E-state index is 0.0373. The van der Waals surface area contributed by atoms with Crippen molar-refractivity contribution in [2.45, 2.75) is 19.4 Å². The minimum atomic E-state index is -1.06. The second-order valence-corrected chi connectivity index (χ2v) is 4.05. The number of carbonyl (C=O) groups is 2. The molecule has 1 aliphatic heterocycles. The number of H-pyrrole nitrogens is 1. The topological polar surface area (TPSA) is 79.4 Å². The van der Waals surface area contributed by atoms with E-state index < -0.39 is 5.97 Å². The van der Waals surface area contributed by atoms with E-state index in [0.29, 0.717) is 18.6 Å². The molecule has 0 amide bonds. The molecule has 0 saturated carbocycles. The van der Waals surface area contributed by atoms with Crippen LogP contribution in [0, 0.1) is 5.92 Å². The van der Waals surface area contributed by atoms with Gasteiger partial charge in [-0.15, -0.1) is 0 Å². The molecule has 1 aromatic heterocycles. The lowest BCUT2D eigenvalue weighted by Gasteiger charge is -2.03. The smallest absolute Gasteiger partial charge is 0.352 e. The highest BCUT2D eigenvalue weighted by Gasteiger charge is 2.29. The number of carbonyl (C=O) groups excluding carboxylic acids is 1. The van der Waals surface area contributed by atoms with Crippen LogP contribution in [0.1, 0.15) is 34.2 Å². The van der Waals surface area contributed by atoms with E-state index in [9.17, 15) is 9.59 Å². The molecule has 0 spiro atoms. The molecule has 0 aromatic carbocycles. The number of carboxylic acids is 1. The van der Waals surface area contributed by atoms with Gasteiger partial charge >= 0.3 is 5.97 Å².